The van der Waals surface area contributed by atoms with Crippen molar-refractivity contribution in [1.29, 1.82) is 0 Å². The lowest BCUT2D eigenvalue weighted by molar-refractivity contribution is -0.0984. The van der Waals surface area contributed by atoms with E-state index in [0.717, 1.165) is 26.1 Å². The maximum absolute atomic E-state index is 6.39. The highest BCUT2D eigenvalue weighted by atomic mass is 16.5. The molecule has 3 heteroatoms. The Hall–Kier alpha value is -0.120. The van der Waals surface area contributed by atoms with Crippen LogP contribution in [0.2, 0.25) is 0 Å². The first kappa shape index (κ1) is 31.9. The maximum Gasteiger partial charge on any atom is 0.0851 e. The lowest BCUT2D eigenvalue weighted by Crippen LogP contribution is -2.44. The Morgan fingerprint density at radius 2 is 0.882 bits per heavy atom. The van der Waals surface area contributed by atoms with E-state index in [1.54, 1.807) is 0 Å². The topological polar surface area (TPSA) is 30.5 Å². The van der Waals surface area contributed by atoms with Gasteiger partial charge >= 0.3 is 0 Å². The quantitative estimate of drug-likeness (QED) is 0.132. The molecule has 204 valence electrons. The number of unbranched alkanes of at least 4 members (excludes halogenated alkanes) is 18. The van der Waals surface area contributed by atoms with Gasteiger partial charge in [-0.2, -0.15) is 0 Å². The van der Waals surface area contributed by atoms with Gasteiger partial charge < -0.3 is 14.8 Å². The van der Waals surface area contributed by atoms with Crippen molar-refractivity contribution in [3.05, 3.63) is 0 Å². The number of hydrogen-bond donors (Lipinski definition) is 1. The van der Waals surface area contributed by atoms with Gasteiger partial charge in [-0.3, -0.25) is 0 Å². The molecule has 1 aliphatic rings. The number of ether oxygens (including phenoxy) is 2. The minimum absolute atomic E-state index is 0.285. The van der Waals surface area contributed by atoms with Crippen LogP contribution in [0.1, 0.15) is 162 Å². The molecular formula is C31H63NO2. The van der Waals surface area contributed by atoms with Gasteiger partial charge in [-0.15, -0.1) is 0 Å². The van der Waals surface area contributed by atoms with E-state index in [0.29, 0.717) is 12.1 Å². The summed E-state index contributed by atoms with van der Waals surface area (Å²) < 4.78 is 12.7. The van der Waals surface area contributed by atoms with Crippen LogP contribution in [0.3, 0.4) is 0 Å². The first-order valence-corrected chi connectivity index (χ1v) is 15.7. The summed E-state index contributed by atoms with van der Waals surface area (Å²) in [4.78, 5) is 0. The molecule has 1 saturated carbocycles. The average Bonchev–Trinajstić information content (AvgIpc) is 2.86. The van der Waals surface area contributed by atoms with Gasteiger partial charge in [0.2, 0.25) is 0 Å². The summed E-state index contributed by atoms with van der Waals surface area (Å²) in [5.41, 5.74) is 0. The maximum atomic E-state index is 6.39. The second-order valence-electron chi connectivity index (χ2n) is 11.0. The van der Waals surface area contributed by atoms with Crippen LogP contribution in [0, 0.1) is 0 Å². The van der Waals surface area contributed by atoms with E-state index in [1.807, 2.05) is 0 Å². The van der Waals surface area contributed by atoms with Crippen LogP contribution in [-0.4, -0.2) is 38.5 Å². The zero-order valence-corrected chi connectivity index (χ0v) is 23.7. The minimum atomic E-state index is 0.285. The van der Waals surface area contributed by atoms with E-state index in [4.69, 9.17) is 9.47 Å². The van der Waals surface area contributed by atoms with Crippen molar-refractivity contribution in [3.8, 4) is 0 Å². The molecule has 0 saturated heterocycles. The van der Waals surface area contributed by atoms with Gasteiger partial charge in [0, 0.05) is 19.3 Å². The summed E-state index contributed by atoms with van der Waals surface area (Å²) in [7, 11) is 2.09. The Morgan fingerprint density at radius 1 is 0.500 bits per heavy atom. The Bertz CT molecular complexity index is 403. The molecule has 0 amide bonds. The molecule has 34 heavy (non-hydrogen) atoms. The summed E-state index contributed by atoms with van der Waals surface area (Å²) >= 11 is 0. The number of rotatable bonds is 25. The largest absolute Gasteiger partial charge is 0.376 e. The lowest BCUT2D eigenvalue weighted by atomic mass is 9.90. The van der Waals surface area contributed by atoms with Crippen molar-refractivity contribution in [2.24, 2.45) is 0 Å². The molecule has 0 aromatic rings. The molecule has 3 atom stereocenters. The van der Waals surface area contributed by atoms with E-state index in [-0.39, 0.29) is 6.10 Å². The second-order valence-corrected chi connectivity index (χ2v) is 11.0. The third-order valence-corrected chi connectivity index (χ3v) is 7.80. The van der Waals surface area contributed by atoms with Crippen molar-refractivity contribution in [1.82, 2.24) is 5.32 Å². The molecule has 1 rings (SSSR count). The highest BCUT2D eigenvalue weighted by molar-refractivity contribution is 4.85. The predicted octanol–water partition coefficient (Wildman–Crippen LogP) is 9.37. The Kier molecular flexibility index (Phi) is 23.1. The van der Waals surface area contributed by atoms with Gasteiger partial charge in [0.15, 0.2) is 0 Å². The molecule has 0 aromatic heterocycles. The second kappa shape index (κ2) is 24.6. The minimum Gasteiger partial charge on any atom is -0.376 e. The van der Waals surface area contributed by atoms with Crippen molar-refractivity contribution in [2.45, 2.75) is 180 Å². The highest BCUT2D eigenvalue weighted by Crippen LogP contribution is 2.25. The van der Waals surface area contributed by atoms with Crippen LogP contribution in [0.15, 0.2) is 0 Å². The summed E-state index contributed by atoms with van der Waals surface area (Å²) in [6.45, 7) is 6.42. The molecule has 1 fully saturated rings. The molecule has 0 bridgehead atoms. The van der Waals surface area contributed by atoms with Crippen LogP contribution in [0.4, 0.5) is 0 Å². The summed E-state index contributed by atoms with van der Waals surface area (Å²) in [5, 5.41) is 3.47. The summed E-state index contributed by atoms with van der Waals surface area (Å²) in [6, 6.07) is 0.592. The van der Waals surface area contributed by atoms with Crippen molar-refractivity contribution >= 4 is 0 Å². The van der Waals surface area contributed by atoms with Gasteiger partial charge in [0.1, 0.15) is 0 Å². The fraction of sp³-hybridized carbons (Fsp3) is 1.00. The first-order chi connectivity index (χ1) is 16.8. The Labute approximate surface area is 214 Å². The van der Waals surface area contributed by atoms with Crippen LogP contribution in [0.5, 0.6) is 0 Å². The highest BCUT2D eigenvalue weighted by Gasteiger charge is 2.31. The van der Waals surface area contributed by atoms with Gasteiger partial charge in [-0.1, -0.05) is 129 Å². The average molecular weight is 482 g/mol. The number of hydrogen-bond acceptors (Lipinski definition) is 3. The summed E-state index contributed by atoms with van der Waals surface area (Å²) in [6.07, 6.45) is 31.7. The van der Waals surface area contributed by atoms with Crippen LogP contribution in [-0.2, 0) is 9.47 Å². The molecule has 1 aliphatic carbocycles. The van der Waals surface area contributed by atoms with E-state index in [1.165, 1.54) is 135 Å². The normalized spacial score (nSPS) is 20.7. The molecule has 0 aromatic carbocycles. The fourth-order valence-corrected chi connectivity index (χ4v) is 5.38. The fourth-order valence-electron chi connectivity index (χ4n) is 5.38. The third kappa shape index (κ3) is 18.2. The Balaban J connectivity index is 2.04. The molecule has 0 aliphatic heterocycles. The van der Waals surface area contributed by atoms with Crippen LogP contribution >= 0.6 is 0 Å². The molecule has 3 unspecified atom stereocenters. The molecular weight excluding hydrogens is 418 g/mol. The van der Waals surface area contributed by atoms with Gasteiger partial charge in [0.05, 0.1) is 12.2 Å². The van der Waals surface area contributed by atoms with Gasteiger partial charge in [-0.05, 0) is 39.2 Å². The third-order valence-electron chi connectivity index (χ3n) is 7.80. The van der Waals surface area contributed by atoms with Gasteiger partial charge in [-0.25, -0.2) is 0 Å². The zero-order chi connectivity index (χ0) is 24.5. The molecule has 0 radical (unpaired) electrons. The lowest BCUT2D eigenvalue weighted by Gasteiger charge is -2.36. The smallest absolute Gasteiger partial charge is 0.0851 e. The van der Waals surface area contributed by atoms with Crippen molar-refractivity contribution in [2.75, 3.05) is 20.3 Å². The molecule has 0 heterocycles. The number of nitrogens with one attached hydrogen (secondary N) is 1. The van der Waals surface area contributed by atoms with Crippen molar-refractivity contribution < 1.29 is 9.47 Å². The SMILES string of the molecule is CCCCCCCCCCCCOC1CCC(NC)CC1OCCCCCCCCCCCC. The molecule has 3 nitrogen and oxygen atoms in total. The Morgan fingerprint density at radius 3 is 1.29 bits per heavy atom. The van der Waals surface area contributed by atoms with E-state index in [9.17, 15) is 0 Å². The molecule has 0 spiro atoms. The van der Waals surface area contributed by atoms with Gasteiger partial charge in [0.25, 0.3) is 0 Å². The summed E-state index contributed by atoms with van der Waals surface area (Å²) in [5.74, 6) is 0. The van der Waals surface area contributed by atoms with E-state index < -0.39 is 0 Å². The monoisotopic (exact) mass is 481 g/mol. The van der Waals surface area contributed by atoms with Crippen LogP contribution < -0.4 is 5.32 Å². The van der Waals surface area contributed by atoms with E-state index >= 15 is 0 Å². The standard InChI is InChI=1S/C31H63NO2/c1-4-6-8-10-12-14-16-18-20-22-26-33-30-25-24-29(32-3)28-31(30)34-27-23-21-19-17-15-13-11-9-7-5-2/h29-32H,4-28H2,1-3H3. The predicted molar refractivity (Wildman–Crippen MR) is 150 cm³/mol. The zero-order valence-electron chi connectivity index (χ0n) is 23.7. The van der Waals surface area contributed by atoms with E-state index in [2.05, 4.69) is 26.2 Å². The molecule has 1 N–H and O–H groups in total. The van der Waals surface area contributed by atoms with Crippen LogP contribution in [0.25, 0.3) is 0 Å². The van der Waals surface area contributed by atoms with Crippen molar-refractivity contribution in [3.63, 3.8) is 0 Å². The first-order valence-electron chi connectivity index (χ1n) is 15.7.